The number of halogens is 3. The number of nitrogens with one attached hydrogen (secondary N) is 1. The molecule has 6 nitrogen and oxygen atoms in total. The van der Waals surface area contributed by atoms with Crippen molar-refractivity contribution in [3.05, 3.63) is 70.7 Å². The molecule has 3 aliphatic rings. The fraction of sp³-hybridized carbons (Fsp3) is 0.400. The number of aliphatic imine (C=N–C) groups is 1. The Balaban J connectivity index is 1.77. The monoisotopic (exact) mass is 488 g/mol. The Hall–Kier alpha value is -2.84. The molecule has 1 spiro atoms. The number of amidine groups is 1. The molecule has 1 atom stereocenters. The summed E-state index contributed by atoms with van der Waals surface area (Å²) < 4.78 is 27.9. The van der Waals surface area contributed by atoms with Crippen LogP contribution in [0.25, 0.3) is 5.70 Å². The van der Waals surface area contributed by atoms with Crippen molar-refractivity contribution >= 4 is 28.8 Å². The Morgan fingerprint density at radius 2 is 1.91 bits per heavy atom. The van der Waals surface area contributed by atoms with Crippen molar-refractivity contribution in [2.75, 3.05) is 6.54 Å². The van der Waals surface area contributed by atoms with Crippen molar-refractivity contribution in [1.82, 2.24) is 10.2 Å². The predicted molar refractivity (Wildman–Crippen MR) is 134 cm³/mol. The highest BCUT2D eigenvalue weighted by Gasteiger charge is 2.52. The van der Waals surface area contributed by atoms with Crippen LogP contribution in [0.3, 0.4) is 0 Å². The van der Waals surface area contributed by atoms with E-state index in [4.69, 9.17) is 33.8 Å². The second-order valence-corrected chi connectivity index (χ2v) is 9.83. The van der Waals surface area contributed by atoms with Crippen molar-refractivity contribution in [2.24, 2.45) is 27.6 Å². The number of aryl methyl sites for hydroxylation is 1. The van der Waals surface area contributed by atoms with Crippen molar-refractivity contribution in [2.45, 2.75) is 51.1 Å². The van der Waals surface area contributed by atoms with Crippen molar-refractivity contribution < 1.29 is 8.78 Å². The number of nitrogens with two attached hydrogens (primary N) is 3. The second kappa shape index (κ2) is 8.74. The fourth-order valence-corrected chi connectivity index (χ4v) is 5.29. The zero-order chi connectivity index (χ0) is 24.8. The number of fused-ring (bicyclic) bond motifs is 3. The highest BCUT2D eigenvalue weighted by atomic mass is 35.5. The maximum atomic E-state index is 14.0. The topological polar surface area (TPSA) is 106 Å². The van der Waals surface area contributed by atoms with Gasteiger partial charge in [-0.05, 0) is 50.0 Å². The molecule has 2 aliphatic heterocycles. The quantitative estimate of drug-likeness (QED) is 0.269. The molecule has 0 aromatic heterocycles. The summed E-state index contributed by atoms with van der Waals surface area (Å²) in [7, 11) is 0. The number of nitrogens with zero attached hydrogens (tertiary/aromatic N) is 2. The maximum absolute atomic E-state index is 14.0. The van der Waals surface area contributed by atoms with Crippen LogP contribution >= 0.6 is 11.6 Å². The predicted octanol–water partition coefficient (Wildman–Crippen LogP) is 4.85. The van der Waals surface area contributed by atoms with Gasteiger partial charge < -0.3 is 27.4 Å². The SMILES string of the molecule is C=C/C(N)=C(/C=C(\N)Cl)NC(N)c1cc(C)cc2c1N=C1N(CCC13CCC(F)(F)CC3)C2=C. The summed E-state index contributed by atoms with van der Waals surface area (Å²) in [5.41, 5.74) is 22.8. The number of allylic oxidation sites excluding steroid dienone is 2. The highest BCUT2D eigenvalue weighted by molar-refractivity contribution is 6.29. The lowest BCUT2D eigenvalue weighted by atomic mass is 9.71. The lowest BCUT2D eigenvalue weighted by Gasteiger charge is -2.40. The first-order valence-electron chi connectivity index (χ1n) is 11.3. The van der Waals surface area contributed by atoms with Crippen LogP contribution in [0.15, 0.2) is 59.0 Å². The fourth-order valence-electron chi connectivity index (χ4n) is 5.18. The molecule has 0 radical (unpaired) electrons. The Morgan fingerprint density at radius 1 is 1.24 bits per heavy atom. The zero-order valence-corrected chi connectivity index (χ0v) is 20.1. The van der Waals surface area contributed by atoms with Crippen LogP contribution < -0.4 is 22.5 Å². The number of alkyl halides is 2. The molecule has 1 aliphatic carbocycles. The molecule has 1 aromatic rings. The first-order valence-corrected chi connectivity index (χ1v) is 11.7. The summed E-state index contributed by atoms with van der Waals surface area (Å²) in [6, 6.07) is 3.98. The highest BCUT2D eigenvalue weighted by Crippen LogP contribution is 2.54. The van der Waals surface area contributed by atoms with E-state index in [-0.39, 0.29) is 23.4 Å². The van der Waals surface area contributed by atoms with Crippen molar-refractivity contribution in [3.8, 4) is 0 Å². The third-order valence-corrected chi connectivity index (χ3v) is 7.19. The van der Waals surface area contributed by atoms with Gasteiger partial charge in [-0.1, -0.05) is 30.8 Å². The van der Waals surface area contributed by atoms with E-state index in [1.54, 1.807) is 0 Å². The molecule has 1 aromatic carbocycles. The van der Waals surface area contributed by atoms with Gasteiger partial charge in [-0.25, -0.2) is 13.8 Å². The van der Waals surface area contributed by atoms with Gasteiger partial charge in [0.15, 0.2) is 0 Å². The van der Waals surface area contributed by atoms with Gasteiger partial charge in [0.05, 0.1) is 17.1 Å². The average Bonchev–Trinajstić information content (AvgIpc) is 3.13. The minimum atomic E-state index is -2.61. The average molecular weight is 489 g/mol. The first kappa shape index (κ1) is 24.3. The number of benzene rings is 1. The molecule has 7 N–H and O–H groups in total. The standard InChI is InChI=1S/C25H31ClF2N6/c1-4-18(29)19(13-20(26)30)32-22(31)17-12-14(2)11-16-15(3)34-10-9-24(23(34)33-21(16)17)5-7-25(27,28)8-6-24/h4,11-13,22,32H,1,3,5-10,29-31H2,2H3/b19-18+,20-13-. The van der Waals surface area contributed by atoms with Crippen molar-refractivity contribution in [1.29, 1.82) is 0 Å². The molecule has 182 valence electrons. The number of hydrogen-bond acceptors (Lipinski definition) is 6. The largest absolute Gasteiger partial charge is 0.397 e. The molecule has 1 unspecified atom stereocenters. The van der Waals surface area contributed by atoms with Gasteiger partial charge in [0, 0.05) is 41.6 Å². The van der Waals surface area contributed by atoms with Crippen molar-refractivity contribution in [3.63, 3.8) is 0 Å². The Morgan fingerprint density at radius 3 is 2.53 bits per heavy atom. The van der Waals surface area contributed by atoms with Gasteiger partial charge in [0.25, 0.3) is 0 Å². The van der Waals surface area contributed by atoms with Crippen LogP contribution in [0.1, 0.15) is 55.0 Å². The summed E-state index contributed by atoms with van der Waals surface area (Å²) in [6.07, 6.45) is 3.60. The van der Waals surface area contributed by atoms with Crippen LogP contribution in [-0.4, -0.2) is 23.2 Å². The van der Waals surface area contributed by atoms with Crippen LogP contribution in [0.5, 0.6) is 0 Å². The van der Waals surface area contributed by atoms with Crippen LogP contribution in [0, 0.1) is 12.3 Å². The van der Waals surface area contributed by atoms with Crippen LogP contribution in [-0.2, 0) is 0 Å². The van der Waals surface area contributed by atoms with Gasteiger partial charge in [-0.15, -0.1) is 0 Å². The summed E-state index contributed by atoms with van der Waals surface area (Å²) in [5, 5.41) is 3.20. The summed E-state index contributed by atoms with van der Waals surface area (Å²) >= 11 is 5.87. The summed E-state index contributed by atoms with van der Waals surface area (Å²) in [4.78, 5) is 7.15. The van der Waals surface area contributed by atoms with E-state index in [9.17, 15) is 8.78 Å². The molecule has 0 amide bonds. The summed E-state index contributed by atoms with van der Waals surface area (Å²) in [6.45, 7) is 10.7. The molecule has 2 heterocycles. The van der Waals surface area contributed by atoms with Gasteiger partial charge in [-0.2, -0.15) is 0 Å². The van der Waals surface area contributed by atoms with Gasteiger partial charge in [0.2, 0.25) is 5.92 Å². The van der Waals surface area contributed by atoms with E-state index in [0.29, 0.717) is 29.9 Å². The van der Waals surface area contributed by atoms with Gasteiger partial charge >= 0.3 is 0 Å². The molecule has 34 heavy (non-hydrogen) atoms. The third kappa shape index (κ3) is 4.32. The molecule has 2 fully saturated rings. The normalized spacial score (nSPS) is 22.5. The first-order chi connectivity index (χ1) is 16.0. The Labute approximate surface area is 203 Å². The van der Waals surface area contributed by atoms with E-state index >= 15 is 0 Å². The van der Waals surface area contributed by atoms with E-state index in [1.807, 2.05) is 19.1 Å². The minimum Gasteiger partial charge on any atom is -0.397 e. The van der Waals surface area contributed by atoms with Gasteiger partial charge in [0.1, 0.15) is 17.2 Å². The van der Waals surface area contributed by atoms with Crippen LogP contribution in [0.4, 0.5) is 14.5 Å². The Bertz CT molecular complexity index is 1120. The minimum absolute atomic E-state index is 0.0389. The lowest BCUT2D eigenvalue weighted by molar-refractivity contribution is -0.0537. The maximum Gasteiger partial charge on any atom is 0.248 e. The molecular formula is C25H31ClF2N6. The summed E-state index contributed by atoms with van der Waals surface area (Å²) in [5.74, 6) is -1.78. The molecule has 0 bridgehead atoms. The van der Waals surface area contributed by atoms with E-state index < -0.39 is 12.1 Å². The third-order valence-electron chi connectivity index (χ3n) is 7.08. The number of hydrogen-bond donors (Lipinski definition) is 4. The molecule has 9 heteroatoms. The molecular weight excluding hydrogens is 458 g/mol. The molecule has 1 saturated carbocycles. The van der Waals surface area contributed by atoms with E-state index in [0.717, 1.165) is 41.2 Å². The zero-order valence-electron chi connectivity index (χ0n) is 19.3. The number of rotatable bonds is 5. The van der Waals surface area contributed by atoms with E-state index in [2.05, 4.69) is 23.4 Å². The molecule has 4 rings (SSSR count). The van der Waals surface area contributed by atoms with Gasteiger partial charge in [-0.3, -0.25) is 0 Å². The second-order valence-electron chi connectivity index (χ2n) is 9.39. The Kier molecular flexibility index (Phi) is 6.25. The lowest BCUT2D eigenvalue weighted by Crippen LogP contribution is -2.41. The molecule has 1 saturated heterocycles. The van der Waals surface area contributed by atoms with Crippen LogP contribution in [0.2, 0.25) is 0 Å². The smallest absolute Gasteiger partial charge is 0.248 e. The van der Waals surface area contributed by atoms with E-state index in [1.165, 1.54) is 12.2 Å².